The average molecular weight is 441 g/mol. The van der Waals surface area contributed by atoms with Crippen LogP contribution in [-0.2, 0) is 14.3 Å². The van der Waals surface area contributed by atoms with Crippen LogP contribution in [0.25, 0.3) is 0 Å². The van der Waals surface area contributed by atoms with E-state index in [0.29, 0.717) is 31.0 Å². The van der Waals surface area contributed by atoms with E-state index in [9.17, 15) is 14.7 Å². The van der Waals surface area contributed by atoms with Crippen LogP contribution in [0, 0.1) is 6.92 Å². The number of hydrogen-bond acceptors (Lipinski definition) is 8. The first-order valence-electron chi connectivity index (χ1n) is 10.3. The quantitative estimate of drug-likeness (QED) is 0.443. The molecule has 0 aliphatic carbocycles. The summed E-state index contributed by atoms with van der Waals surface area (Å²) in [7, 11) is 1.44. The number of nitrogens with one attached hydrogen (secondary N) is 2. The lowest BCUT2D eigenvalue weighted by Crippen LogP contribution is -2.53. The maximum Gasteiger partial charge on any atom is 0.407 e. The minimum absolute atomic E-state index is 0.0652. The van der Waals surface area contributed by atoms with Gasteiger partial charge < -0.3 is 30.0 Å². The van der Waals surface area contributed by atoms with Gasteiger partial charge in [0.1, 0.15) is 29.7 Å². The van der Waals surface area contributed by atoms with Gasteiger partial charge >= 0.3 is 6.09 Å². The van der Waals surface area contributed by atoms with Crippen molar-refractivity contribution in [2.24, 2.45) is 0 Å². The number of hydrogen-bond donors (Lipinski definition) is 3. The third kappa shape index (κ3) is 10.4. The standard InChI is InChI=1S/C21H36N4O6/c1-14-23-11-15(12-24-14)30-13-17(26)16(25-18(27)21(5,6)29-7)9-8-10-22-19(28)31-20(2,3)4/h11-12,16-17,26H,8-10,13H2,1-7H3,(H,22,28)(H,25,27)/t16-,17?/m0/s1. The fourth-order valence-electron chi connectivity index (χ4n) is 2.38. The molecule has 31 heavy (non-hydrogen) atoms. The number of ether oxygens (including phenoxy) is 3. The van der Waals surface area contributed by atoms with Gasteiger partial charge in [0.25, 0.3) is 5.91 Å². The highest BCUT2D eigenvalue weighted by molar-refractivity contribution is 5.84. The minimum Gasteiger partial charge on any atom is -0.488 e. The molecule has 0 radical (unpaired) electrons. The molecule has 2 atom stereocenters. The minimum atomic E-state index is -1.06. The number of aryl methyl sites for hydroxylation is 1. The van der Waals surface area contributed by atoms with Gasteiger partial charge in [0.15, 0.2) is 5.75 Å². The Morgan fingerprint density at radius 2 is 1.77 bits per heavy atom. The molecule has 10 heteroatoms. The van der Waals surface area contributed by atoms with Gasteiger partial charge in [0, 0.05) is 13.7 Å². The second-order valence-corrected chi connectivity index (χ2v) is 8.71. The monoisotopic (exact) mass is 440 g/mol. The van der Waals surface area contributed by atoms with E-state index >= 15 is 0 Å². The molecule has 0 bridgehead atoms. The van der Waals surface area contributed by atoms with Gasteiger partial charge in [0.2, 0.25) is 0 Å². The lowest BCUT2D eigenvalue weighted by atomic mass is 10.0. The first-order chi connectivity index (χ1) is 14.3. The summed E-state index contributed by atoms with van der Waals surface area (Å²) < 4.78 is 16.0. The molecule has 0 aliphatic rings. The number of nitrogens with zero attached hydrogens (tertiary/aromatic N) is 2. The predicted octanol–water partition coefficient (Wildman–Crippen LogP) is 1.74. The summed E-state index contributed by atoms with van der Waals surface area (Å²) in [5.74, 6) is 0.661. The second-order valence-electron chi connectivity index (χ2n) is 8.71. The number of carbonyl (C=O) groups is 2. The number of aliphatic hydroxyl groups is 1. The second kappa shape index (κ2) is 11.8. The highest BCUT2D eigenvalue weighted by Gasteiger charge is 2.31. The van der Waals surface area contributed by atoms with Crippen molar-refractivity contribution >= 4 is 12.0 Å². The van der Waals surface area contributed by atoms with Crippen LogP contribution in [0.1, 0.15) is 53.3 Å². The van der Waals surface area contributed by atoms with Crippen LogP contribution in [0.2, 0.25) is 0 Å². The molecule has 0 aliphatic heterocycles. The summed E-state index contributed by atoms with van der Waals surface area (Å²) in [4.78, 5) is 32.4. The van der Waals surface area contributed by atoms with Crippen molar-refractivity contribution < 1.29 is 28.9 Å². The van der Waals surface area contributed by atoms with Gasteiger partial charge in [-0.25, -0.2) is 14.8 Å². The molecule has 1 aromatic rings. The van der Waals surface area contributed by atoms with E-state index < -0.39 is 29.4 Å². The maximum absolute atomic E-state index is 12.5. The molecule has 2 amide bonds. The van der Waals surface area contributed by atoms with Gasteiger partial charge in [-0.15, -0.1) is 0 Å². The van der Waals surface area contributed by atoms with Gasteiger partial charge in [0.05, 0.1) is 18.4 Å². The van der Waals surface area contributed by atoms with Gasteiger partial charge in [-0.3, -0.25) is 4.79 Å². The fourth-order valence-corrected chi connectivity index (χ4v) is 2.38. The van der Waals surface area contributed by atoms with Crippen LogP contribution in [0.5, 0.6) is 5.75 Å². The predicted molar refractivity (Wildman–Crippen MR) is 115 cm³/mol. The van der Waals surface area contributed by atoms with Crippen molar-refractivity contribution in [1.29, 1.82) is 0 Å². The number of methoxy groups -OCH3 is 1. The smallest absolute Gasteiger partial charge is 0.407 e. The molecule has 3 N–H and O–H groups in total. The third-order valence-corrected chi connectivity index (χ3v) is 4.38. The molecule has 0 fully saturated rings. The molecular formula is C21H36N4O6. The van der Waals surface area contributed by atoms with Gasteiger partial charge in [-0.2, -0.15) is 0 Å². The molecule has 1 rings (SSSR count). The third-order valence-electron chi connectivity index (χ3n) is 4.38. The molecule has 1 heterocycles. The zero-order chi connectivity index (χ0) is 23.7. The molecule has 0 saturated carbocycles. The Bertz CT molecular complexity index is 703. The Kier molecular flexibility index (Phi) is 10.1. The number of alkyl carbamates (subject to hydrolysis) is 1. The van der Waals surface area contributed by atoms with Crippen molar-refractivity contribution in [1.82, 2.24) is 20.6 Å². The zero-order valence-corrected chi connectivity index (χ0v) is 19.5. The summed E-state index contributed by atoms with van der Waals surface area (Å²) in [6.45, 7) is 10.6. The molecule has 0 saturated heterocycles. The number of carbonyl (C=O) groups excluding carboxylic acids is 2. The van der Waals surface area contributed by atoms with Crippen LogP contribution in [0.4, 0.5) is 4.79 Å². The highest BCUT2D eigenvalue weighted by atomic mass is 16.6. The summed E-state index contributed by atoms with van der Waals surface area (Å²) in [5, 5.41) is 16.1. The first kappa shape index (κ1) is 26.6. The van der Waals surface area contributed by atoms with Crippen molar-refractivity contribution in [2.75, 3.05) is 20.3 Å². The van der Waals surface area contributed by atoms with Gasteiger partial charge in [-0.05, 0) is 54.4 Å². The Balaban J connectivity index is 2.66. The van der Waals surface area contributed by atoms with Crippen molar-refractivity contribution in [3.05, 3.63) is 18.2 Å². The van der Waals surface area contributed by atoms with Crippen LogP contribution in [-0.4, -0.2) is 70.7 Å². The lowest BCUT2D eigenvalue weighted by molar-refractivity contribution is -0.141. The molecule has 176 valence electrons. The summed E-state index contributed by atoms with van der Waals surface area (Å²) >= 11 is 0. The van der Waals surface area contributed by atoms with Gasteiger partial charge in [-0.1, -0.05) is 0 Å². The van der Waals surface area contributed by atoms with E-state index in [1.54, 1.807) is 41.5 Å². The number of rotatable bonds is 11. The first-order valence-corrected chi connectivity index (χ1v) is 10.3. The lowest BCUT2D eigenvalue weighted by Gasteiger charge is -2.29. The molecule has 0 aromatic carbocycles. The van der Waals surface area contributed by atoms with E-state index in [4.69, 9.17) is 14.2 Å². The highest BCUT2D eigenvalue weighted by Crippen LogP contribution is 2.13. The summed E-state index contributed by atoms with van der Waals surface area (Å²) in [6, 6.07) is -0.617. The maximum atomic E-state index is 12.5. The van der Waals surface area contributed by atoms with Crippen molar-refractivity contribution in [3.63, 3.8) is 0 Å². The Hall–Kier alpha value is -2.46. The summed E-state index contributed by atoms with van der Waals surface area (Å²) in [6.07, 6.45) is 2.41. The van der Waals surface area contributed by atoms with E-state index in [1.165, 1.54) is 19.5 Å². The normalized spacial score (nSPS) is 13.8. The molecule has 1 aromatic heterocycles. The number of amides is 2. The van der Waals surface area contributed by atoms with E-state index in [-0.39, 0.29) is 12.5 Å². The van der Waals surface area contributed by atoms with E-state index in [1.807, 2.05) is 0 Å². The number of aromatic nitrogens is 2. The van der Waals surface area contributed by atoms with E-state index in [0.717, 1.165) is 0 Å². The largest absolute Gasteiger partial charge is 0.488 e. The SMILES string of the molecule is COC(C)(C)C(=O)N[C@@H](CCCNC(=O)OC(C)(C)C)C(O)COc1cnc(C)nc1. The Morgan fingerprint density at radius 1 is 1.16 bits per heavy atom. The topological polar surface area (TPSA) is 132 Å². The Morgan fingerprint density at radius 3 is 2.32 bits per heavy atom. The van der Waals surface area contributed by atoms with Crippen LogP contribution in [0.15, 0.2) is 12.4 Å². The molecule has 1 unspecified atom stereocenters. The molecular weight excluding hydrogens is 404 g/mol. The van der Waals surface area contributed by atoms with E-state index in [2.05, 4.69) is 20.6 Å². The fraction of sp³-hybridized carbons (Fsp3) is 0.714. The average Bonchev–Trinajstić information content (AvgIpc) is 2.68. The molecule has 0 spiro atoms. The van der Waals surface area contributed by atoms with Crippen LogP contribution < -0.4 is 15.4 Å². The summed E-state index contributed by atoms with van der Waals surface area (Å²) in [5.41, 5.74) is -1.64. The van der Waals surface area contributed by atoms with Crippen molar-refractivity contribution in [2.45, 2.75) is 77.7 Å². The zero-order valence-electron chi connectivity index (χ0n) is 19.5. The van der Waals surface area contributed by atoms with Crippen molar-refractivity contribution in [3.8, 4) is 5.75 Å². The number of aliphatic hydroxyl groups excluding tert-OH is 1. The molecule has 10 nitrogen and oxygen atoms in total. The Labute approximate surface area is 184 Å². The van der Waals surface area contributed by atoms with Crippen LogP contribution >= 0.6 is 0 Å². The van der Waals surface area contributed by atoms with Crippen LogP contribution in [0.3, 0.4) is 0 Å².